The van der Waals surface area contributed by atoms with Gasteiger partial charge < -0.3 is 14.4 Å². The fourth-order valence-electron chi connectivity index (χ4n) is 2.49. The average molecular weight is 327 g/mol. The lowest BCUT2D eigenvalue weighted by Gasteiger charge is -2.23. The second-order valence-corrected chi connectivity index (χ2v) is 6.46. The van der Waals surface area contributed by atoms with E-state index in [4.69, 9.17) is 9.47 Å². The molecule has 2 heterocycles. The van der Waals surface area contributed by atoms with Crippen molar-refractivity contribution in [1.82, 2.24) is 9.55 Å². The van der Waals surface area contributed by atoms with Crippen LogP contribution in [0.4, 0.5) is 5.82 Å². The molecule has 6 nitrogen and oxygen atoms in total. The molecule has 0 aliphatic carbocycles. The molecule has 2 atom stereocenters. The first-order valence-corrected chi connectivity index (χ1v) is 8.84. The third kappa shape index (κ3) is 4.24. The summed E-state index contributed by atoms with van der Waals surface area (Å²) in [5, 5.41) is 0. The molecular weight excluding hydrogens is 302 g/mol. The summed E-state index contributed by atoms with van der Waals surface area (Å²) in [6.45, 7) is 6.61. The molecule has 0 aromatic carbocycles. The predicted molar refractivity (Wildman–Crippen MR) is 89.5 cm³/mol. The molecule has 1 aliphatic rings. The Bertz CT molecular complexity index is 517. The first-order chi connectivity index (χ1) is 10.7. The van der Waals surface area contributed by atoms with Crippen LogP contribution in [0, 0.1) is 0 Å². The summed E-state index contributed by atoms with van der Waals surface area (Å²) < 4.78 is 12.5. The highest BCUT2D eigenvalue weighted by molar-refractivity contribution is 8.00. The monoisotopic (exact) mass is 327 g/mol. The van der Waals surface area contributed by atoms with Crippen LogP contribution in [0.25, 0.3) is 0 Å². The van der Waals surface area contributed by atoms with E-state index in [1.165, 1.54) is 0 Å². The van der Waals surface area contributed by atoms with Gasteiger partial charge in [-0.1, -0.05) is 13.8 Å². The zero-order valence-electron chi connectivity index (χ0n) is 13.5. The zero-order chi connectivity index (χ0) is 15.9. The van der Waals surface area contributed by atoms with Gasteiger partial charge in [0.25, 0.3) is 0 Å². The number of rotatable bonds is 8. The van der Waals surface area contributed by atoms with Gasteiger partial charge in [0.1, 0.15) is 17.5 Å². The van der Waals surface area contributed by atoms with E-state index >= 15 is 0 Å². The number of aromatic nitrogens is 2. The fourth-order valence-corrected chi connectivity index (χ4v) is 3.55. The lowest BCUT2D eigenvalue weighted by Crippen LogP contribution is -2.32. The standard InChI is InChI=1S/C15H25N3O3S/c1-4-7-17(8-5-2)12-6-9-18(15(19)16-12)13-11-22-14(21-13)10-20-3/h6,9,13-14H,4-5,7-8,10-11H2,1-3H3/t13-,14?/m0/s1. The highest BCUT2D eigenvalue weighted by atomic mass is 32.2. The van der Waals surface area contributed by atoms with Gasteiger partial charge in [-0.25, -0.2) is 4.79 Å². The maximum absolute atomic E-state index is 12.3. The van der Waals surface area contributed by atoms with Crippen molar-refractivity contribution in [3.63, 3.8) is 0 Å². The molecule has 1 fully saturated rings. The smallest absolute Gasteiger partial charge is 0.351 e. The Kier molecular flexibility index (Phi) is 6.72. The molecule has 0 radical (unpaired) electrons. The molecule has 1 unspecified atom stereocenters. The van der Waals surface area contributed by atoms with Gasteiger partial charge in [-0.3, -0.25) is 4.57 Å². The fraction of sp³-hybridized carbons (Fsp3) is 0.733. The summed E-state index contributed by atoms with van der Waals surface area (Å²) in [7, 11) is 1.65. The first kappa shape index (κ1) is 17.3. The van der Waals surface area contributed by atoms with Crippen molar-refractivity contribution < 1.29 is 9.47 Å². The highest BCUT2D eigenvalue weighted by Crippen LogP contribution is 2.31. The molecule has 1 aromatic heterocycles. The van der Waals surface area contributed by atoms with Crippen molar-refractivity contribution in [2.45, 2.75) is 38.4 Å². The topological polar surface area (TPSA) is 56.6 Å². The first-order valence-electron chi connectivity index (χ1n) is 7.79. The van der Waals surface area contributed by atoms with E-state index in [0.717, 1.165) is 37.5 Å². The number of thioether (sulfide) groups is 1. The Balaban J connectivity index is 2.11. The van der Waals surface area contributed by atoms with E-state index < -0.39 is 0 Å². The minimum Gasteiger partial charge on any atom is -0.381 e. The van der Waals surface area contributed by atoms with Crippen LogP contribution in [-0.4, -0.2) is 47.5 Å². The van der Waals surface area contributed by atoms with E-state index in [0.29, 0.717) is 6.61 Å². The van der Waals surface area contributed by atoms with E-state index in [-0.39, 0.29) is 17.4 Å². The number of nitrogens with zero attached hydrogens (tertiary/aromatic N) is 3. The predicted octanol–water partition coefficient (Wildman–Crippen LogP) is 2.10. The van der Waals surface area contributed by atoms with Crippen molar-refractivity contribution in [1.29, 1.82) is 0 Å². The van der Waals surface area contributed by atoms with Crippen LogP contribution in [-0.2, 0) is 9.47 Å². The van der Waals surface area contributed by atoms with Crippen LogP contribution >= 0.6 is 11.8 Å². The Morgan fingerprint density at radius 2 is 2.18 bits per heavy atom. The number of anilines is 1. The Morgan fingerprint density at radius 3 is 2.77 bits per heavy atom. The summed E-state index contributed by atoms with van der Waals surface area (Å²) in [6, 6.07) is 1.91. The minimum absolute atomic E-state index is 0.0155. The lowest BCUT2D eigenvalue weighted by molar-refractivity contribution is -0.0152. The van der Waals surface area contributed by atoms with Crippen molar-refractivity contribution in [3.05, 3.63) is 22.7 Å². The van der Waals surface area contributed by atoms with Crippen LogP contribution < -0.4 is 10.6 Å². The largest absolute Gasteiger partial charge is 0.381 e. The summed E-state index contributed by atoms with van der Waals surface area (Å²) in [4.78, 5) is 18.7. The van der Waals surface area contributed by atoms with Crippen molar-refractivity contribution >= 4 is 17.6 Å². The molecule has 0 spiro atoms. The van der Waals surface area contributed by atoms with Gasteiger partial charge in [-0.2, -0.15) is 4.98 Å². The number of hydrogen-bond donors (Lipinski definition) is 0. The Labute approximate surface area is 135 Å². The van der Waals surface area contributed by atoms with Crippen molar-refractivity contribution in [2.75, 3.05) is 37.5 Å². The van der Waals surface area contributed by atoms with Crippen LogP contribution in [0.5, 0.6) is 0 Å². The van der Waals surface area contributed by atoms with Crippen LogP contribution in [0.3, 0.4) is 0 Å². The number of methoxy groups -OCH3 is 1. The molecule has 0 amide bonds. The summed E-state index contributed by atoms with van der Waals surface area (Å²) in [5.74, 6) is 1.49. The molecule has 0 saturated carbocycles. The van der Waals surface area contributed by atoms with E-state index in [9.17, 15) is 4.79 Å². The molecule has 2 rings (SSSR count). The van der Waals surface area contributed by atoms with Crippen molar-refractivity contribution in [2.24, 2.45) is 0 Å². The second kappa shape index (κ2) is 8.55. The quantitative estimate of drug-likeness (QED) is 0.729. The molecule has 1 aromatic rings. The zero-order valence-corrected chi connectivity index (χ0v) is 14.3. The molecular formula is C15H25N3O3S. The summed E-state index contributed by atoms with van der Waals surface area (Å²) >= 11 is 1.66. The lowest BCUT2D eigenvalue weighted by atomic mass is 10.3. The SMILES string of the molecule is CCCN(CCC)c1ccn([C@@H]2CSC(COC)O2)c(=O)n1. The molecule has 22 heavy (non-hydrogen) atoms. The number of hydrogen-bond acceptors (Lipinski definition) is 6. The van der Waals surface area contributed by atoms with E-state index in [1.54, 1.807) is 29.6 Å². The van der Waals surface area contributed by atoms with Crippen molar-refractivity contribution in [3.8, 4) is 0 Å². The van der Waals surface area contributed by atoms with Gasteiger partial charge >= 0.3 is 5.69 Å². The molecule has 124 valence electrons. The van der Waals surface area contributed by atoms with Crippen LogP contribution in [0.1, 0.15) is 32.9 Å². The molecule has 1 saturated heterocycles. The maximum Gasteiger partial charge on any atom is 0.351 e. The van der Waals surface area contributed by atoms with Gasteiger partial charge in [0, 0.05) is 32.1 Å². The third-order valence-electron chi connectivity index (χ3n) is 3.47. The Morgan fingerprint density at radius 1 is 1.45 bits per heavy atom. The average Bonchev–Trinajstić information content (AvgIpc) is 2.95. The molecule has 0 N–H and O–H groups in total. The molecule has 7 heteroatoms. The number of ether oxygens (including phenoxy) is 2. The van der Waals surface area contributed by atoms with Gasteiger partial charge in [0.05, 0.1) is 6.61 Å². The molecule has 0 bridgehead atoms. The summed E-state index contributed by atoms with van der Waals surface area (Å²) in [5.41, 5.74) is -0.267. The van der Waals surface area contributed by atoms with Gasteiger partial charge in [-0.05, 0) is 18.9 Å². The Hall–Kier alpha value is -1.05. The molecule has 1 aliphatic heterocycles. The second-order valence-electron chi connectivity index (χ2n) is 5.27. The maximum atomic E-state index is 12.3. The van der Waals surface area contributed by atoms with Gasteiger partial charge in [-0.15, -0.1) is 11.8 Å². The highest BCUT2D eigenvalue weighted by Gasteiger charge is 2.28. The van der Waals surface area contributed by atoms with Gasteiger partial charge in [0.2, 0.25) is 0 Å². The third-order valence-corrected chi connectivity index (χ3v) is 4.57. The van der Waals surface area contributed by atoms with Gasteiger partial charge in [0.15, 0.2) is 0 Å². The normalized spacial score (nSPS) is 21.2. The minimum atomic E-state index is -0.259. The van der Waals surface area contributed by atoms with Crippen LogP contribution in [0.2, 0.25) is 0 Å². The van der Waals surface area contributed by atoms with Crippen LogP contribution in [0.15, 0.2) is 17.1 Å². The van der Waals surface area contributed by atoms with E-state index in [1.807, 2.05) is 6.07 Å². The summed E-state index contributed by atoms with van der Waals surface area (Å²) in [6.07, 6.45) is 3.60. The van der Waals surface area contributed by atoms with E-state index in [2.05, 4.69) is 23.7 Å².